The van der Waals surface area contributed by atoms with E-state index in [1.54, 1.807) is 0 Å². The van der Waals surface area contributed by atoms with Crippen molar-refractivity contribution in [3.8, 4) is 23.1 Å². The number of nitrogens with one attached hydrogen (secondary N) is 1. The number of thiazole rings is 1. The predicted octanol–water partition coefficient (Wildman–Crippen LogP) is 4.59. The molecule has 0 spiro atoms. The van der Waals surface area contributed by atoms with E-state index in [4.69, 9.17) is 19.3 Å². The minimum atomic E-state index is -1.04. The molecule has 0 bridgehead atoms. The number of aliphatic carboxylic acids is 1. The van der Waals surface area contributed by atoms with Gasteiger partial charge in [-0.05, 0) is 74.9 Å². The second-order valence-electron chi connectivity index (χ2n) is 9.83. The Balaban J connectivity index is 1.43. The molecule has 0 radical (unpaired) electrons. The first kappa shape index (κ1) is 27.3. The molecule has 202 valence electrons. The van der Waals surface area contributed by atoms with Crippen LogP contribution in [-0.2, 0) is 22.4 Å². The van der Waals surface area contributed by atoms with E-state index in [0.29, 0.717) is 42.2 Å². The highest BCUT2D eigenvalue weighted by Gasteiger charge is 2.36. The Morgan fingerprint density at radius 1 is 1.11 bits per heavy atom. The number of carboxylic acids is 1. The molecule has 3 N–H and O–H groups in total. The van der Waals surface area contributed by atoms with Gasteiger partial charge in [0.25, 0.3) is 0 Å². The fraction of sp³-hybridized carbons (Fsp3) is 0.393. The first-order valence-corrected chi connectivity index (χ1v) is 13.1. The number of esters is 1. The highest BCUT2D eigenvalue weighted by Crippen LogP contribution is 2.44. The summed E-state index contributed by atoms with van der Waals surface area (Å²) < 4.78 is 18.1. The van der Waals surface area contributed by atoms with Gasteiger partial charge in [-0.15, -0.1) is 0 Å². The van der Waals surface area contributed by atoms with E-state index in [9.17, 15) is 19.5 Å². The van der Waals surface area contributed by atoms with Crippen molar-refractivity contribution in [1.82, 2.24) is 4.98 Å². The van der Waals surface area contributed by atoms with Gasteiger partial charge in [-0.1, -0.05) is 23.5 Å². The maximum Gasteiger partial charge on any atom is 0.311 e. The Kier molecular flexibility index (Phi) is 7.82. The third kappa shape index (κ3) is 6.02. The van der Waals surface area contributed by atoms with Crippen molar-refractivity contribution < 1.29 is 34.0 Å². The number of aromatic amines is 1. The van der Waals surface area contributed by atoms with Gasteiger partial charge in [0.1, 0.15) is 29.5 Å². The Labute approximate surface area is 224 Å². The van der Waals surface area contributed by atoms with Gasteiger partial charge >= 0.3 is 16.8 Å². The van der Waals surface area contributed by atoms with Crippen LogP contribution < -0.4 is 19.1 Å². The molecule has 2 aromatic carbocycles. The van der Waals surface area contributed by atoms with Gasteiger partial charge in [-0.25, -0.2) is 0 Å². The molecule has 1 atom stereocenters. The lowest BCUT2D eigenvalue weighted by atomic mass is 9.87. The molecular weight excluding hydrogens is 510 g/mol. The largest absolute Gasteiger partial charge is 0.494 e. The number of rotatable bonds is 9. The number of hydrogen-bond donors (Lipinski definition) is 3. The Morgan fingerprint density at radius 2 is 1.82 bits per heavy atom. The van der Waals surface area contributed by atoms with Crippen LogP contribution in [0.2, 0.25) is 0 Å². The van der Waals surface area contributed by atoms with Gasteiger partial charge in [-0.3, -0.25) is 19.4 Å². The highest BCUT2D eigenvalue weighted by atomic mass is 32.1. The smallest absolute Gasteiger partial charge is 0.311 e. The van der Waals surface area contributed by atoms with Crippen LogP contribution in [0.3, 0.4) is 0 Å². The van der Waals surface area contributed by atoms with Gasteiger partial charge < -0.3 is 24.4 Å². The van der Waals surface area contributed by atoms with Crippen LogP contribution >= 0.6 is 11.3 Å². The molecule has 0 amide bonds. The molecule has 0 fully saturated rings. The summed E-state index contributed by atoms with van der Waals surface area (Å²) in [7, 11) is 0. The molecule has 1 aromatic heterocycles. The number of hydrogen-bond acceptors (Lipinski definition) is 8. The van der Waals surface area contributed by atoms with Crippen LogP contribution in [0, 0.1) is 20.8 Å². The summed E-state index contributed by atoms with van der Waals surface area (Å²) in [6.45, 7) is 8.01. The molecule has 2 heterocycles. The van der Waals surface area contributed by atoms with E-state index in [1.165, 1.54) is 0 Å². The van der Waals surface area contributed by atoms with E-state index < -0.39 is 17.5 Å². The van der Waals surface area contributed by atoms with E-state index in [0.717, 1.165) is 44.9 Å². The highest BCUT2D eigenvalue weighted by molar-refractivity contribution is 7.09. The molecule has 9 nitrogen and oxygen atoms in total. The number of carboxylic acid groups (broad SMARTS) is 1. The summed E-state index contributed by atoms with van der Waals surface area (Å²) in [6, 6.07) is 7.50. The first-order valence-electron chi connectivity index (χ1n) is 12.3. The van der Waals surface area contributed by atoms with E-state index in [2.05, 4.69) is 4.98 Å². The van der Waals surface area contributed by atoms with E-state index in [1.807, 2.05) is 52.0 Å². The minimum Gasteiger partial charge on any atom is -0.494 e. The van der Waals surface area contributed by atoms with E-state index in [-0.39, 0.29) is 23.6 Å². The standard InChI is InChI=1S/C28H31NO8S/c1-15-16(2)25-20(17(3)24(15)36-23(32)10-9-22(30)31)11-12-28(4,37-25)14-35-19-7-5-18(6-8-19)13-21-26(33)29-27(34)38-21/h5-8,33H,9-14H2,1-4H3,(H,29,34)(H,30,31). The van der Waals surface area contributed by atoms with Crippen molar-refractivity contribution >= 4 is 23.3 Å². The van der Waals surface area contributed by atoms with Gasteiger partial charge in [0.15, 0.2) is 0 Å². The maximum absolute atomic E-state index is 12.2. The lowest BCUT2D eigenvalue weighted by Crippen LogP contribution is -2.42. The molecule has 38 heavy (non-hydrogen) atoms. The van der Waals surface area contributed by atoms with Crippen LogP contribution in [0.5, 0.6) is 23.1 Å². The maximum atomic E-state index is 12.2. The van der Waals surface area contributed by atoms with Crippen molar-refractivity contribution in [2.45, 2.75) is 65.4 Å². The van der Waals surface area contributed by atoms with Gasteiger partial charge in [0.05, 0.1) is 17.7 Å². The van der Waals surface area contributed by atoms with Gasteiger partial charge in [0, 0.05) is 12.0 Å². The van der Waals surface area contributed by atoms with Gasteiger partial charge in [0.2, 0.25) is 5.88 Å². The number of benzene rings is 2. The molecule has 10 heteroatoms. The number of carbonyl (C=O) groups excluding carboxylic acids is 1. The lowest BCUT2D eigenvalue weighted by molar-refractivity contribution is -0.142. The molecular formula is C28H31NO8S. The average molecular weight is 542 g/mol. The number of ether oxygens (including phenoxy) is 3. The zero-order chi connectivity index (χ0) is 27.6. The quantitative estimate of drug-likeness (QED) is 0.264. The zero-order valence-corrected chi connectivity index (χ0v) is 22.6. The summed E-state index contributed by atoms with van der Waals surface area (Å²) in [4.78, 5) is 37.0. The topological polar surface area (TPSA) is 135 Å². The first-order chi connectivity index (χ1) is 18.0. The molecule has 1 unspecified atom stereocenters. The second-order valence-corrected chi connectivity index (χ2v) is 10.9. The summed E-state index contributed by atoms with van der Waals surface area (Å²) in [6.07, 6.45) is 1.39. The summed E-state index contributed by atoms with van der Waals surface area (Å²) in [5.74, 6) is 0.221. The van der Waals surface area contributed by atoms with Crippen molar-refractivity contribution in [3.05, 3.63) is 66.6 Å². The number of fused-ring (bicyclic) bond motifs is 1. The van der Waals surface area contributed by atoms with Gasteiger partial charge in [-0.2, -0.15) is 0 Å². The molecule has 1 aliphatic rings. The SMILES string of the molecule is Cc1c(C)c2c(c(C)c1OC(=O)CCC(=O)O)CCC(C)(COc1ccc(Cc3sc(=O)[nH]c3O)cc1)O2. The monoisotopic (exact) mass is 541 g/mol. The van der Waals surface area contributed by atoms with Crippen LogP contribution in [0.1, 0.15) is 58.9 Å². The molecule has 0 saturated carbocycles. The van der Waals surface area contributed by atoms with Crippen molar-refractivity contribution in [2.24, 2.45) is 0 Å². The summed E-state index contributed by atoms with van der Waals surface area (Å²) in [5.41, 5.74) is 3.83. The normalized spacial score (nSPS) is 16.4. The number of aromatic nitrogens is 1. The molecule has 3 aromatic rings. The third-order valence-electron chi connectivity index (χ3n) is 6.85. The number of carbonyl (C=O) groups is 2. The molecule has 0 saturated heterocycles. The van der Waals surface area contributed by atoms with E-state index >= 15 is 0 Å². The number of aromatic hydroxyl groups is 1. The molecule has 1 aliphatic heterocycles. The average Bonchev–Trinajstić information content (AvgIpc) is 3.19. The Hall–Kier alpha value is -3.79. The van der Waals surface area contributed by atoms with Crippen molar-refractivity contribution in [1.29, 1.82) is 0 Å². The molecule has 4 rings (SSSR count). The summed E-state index contributed by atoms with van der Waals surface area (Å²) in [5, 5.41) is 18.6. The van der Waals surface area contributed by atoms with Crippen LogP contribution in [0.25, 0.3) is 0 Å². The van der Waals surface area contributed by atoms with Crippen molar-refractivity contribution in [3.63, 3.8) is 0 Å². The van der Waals surface area contributed by atoms with Crippen LogP contribution in [0.4, 0.5) is 0 Å². The zero-order valence-electron chi connectivity index (χ0n) is 21.8. The molecule has 0 aliphatic carbocycles. The Morgan fingerprint density at radius 3 is 2.45 bits per heavy atom. The third-order valence-corrected chi connectivity index (χ3v) is 7.73. The van der Waals surface area contributed by atoms with Crippen LogP contribution in [0.15, 0.2) is 29.1 Å². The summed E-state index contributed by atoms with van der Waals surface area (Å²) >= 11 is 0.991. The van der Waals surface area contributed by atoms with Crippen LogP contribution in [-0.4, -0.2) is 39.3 Å². The Bertz CT molecular complexity index is 1420. The second kappa shape index (κ2) is 10.9. The fourth-order valence-corrected chi connectivity index (χ4v) is 5.27. The predicted molar refractivity (Wildman–Crippen MR) is 142 cm³/mol. The lowest BCUT2D eigenvalue weighted by Gasteiger charge is -2.37. The number of H-pyrrole nitrogens is 1. The minimum absolute atomic E-state index is 0.0905. The van der Waals surface area contributed by atoms with Crippen molar-refractivity contribution in [2.75, 3.05) is 6.61 Å². The fourth-order valence-electron chi connectivity index (χ4n) is 4.51.